The molecule has 0 aromatic heterocycles. The summed E-state index contributed by atoms with van der Waals surface area (Å²) in [4.78, 5) is 10.3. The van der Waals surface area contributed by atoms with Gasteiger partial charge in [-0.25, -0.2) is 4.79 Å². The second-order valence-corrected chi connectivity index (χ2v) is 3.06. The minimum atomic E-state index is -1.39. The van der Waals surface area contributed by atoms with E-state index in [4.69, 9.17) is 21.8 Å². The van der Waals surface area contributed by atoms with E-state index in [0.29, 0.717) is 10.6 Å². The number of aliphatic carboxylic acids is 1. The van der Waals surface area contributed by atoms with Gasteiger partial charge in [-0.05, 0) is 11.6 Å². The summed E-state index contributed by atoms with van der Waals surface area (Å²) >= 11 is 5.77. The van der Waals surface area contributed by atoms with Crippen LogP contribution < -0.4 is 0 Å². The third-order valence-electron chi connectivity index (χ3n) is 1.66. The normalized spacial score (nSPS) is 12.5. The van der Waals surface area contributed by atoms with E-state index in [2.05, 4.69) is 0 Å². The van der Waals surface area contributed by atoms with Crippen molar-refractivity contribution in [2.24, 2.45) is 0 Å². The van der Waals surface area contributed by atoms with Crippen molar-refractivity contribution >= 4 is 17.6 Å². The van der Waals surface area contributed by atoms with Gasteiger partial charge < -0.3 is 10.2 Å². The molecule has 2 N–H and O–H groups in total. The van der Waals surface area contributed by atoms with Crippen molar-refractivity contribution in [2.45, 2.75) is 12.5 Å². The van der Waals surface area contributed by atoms with E-state index in [-0.39, 0.29) is 6.42 Å². The van der Waals surface area contributed by atoms with Crippen molar-refractivity contribution < 1.29 is 15.0 Å². The Morgan fingerprint density at radius 1 is 1.46 bits per heavy atom. The van der Waals surface area contributed by atoms with Gasteiger partial charge in [-0.3, -0.25) is 0 Å². The predicted octanol–water partition coefficient (Wildman–Crippen LogP) is 1.33. The van der Waals surface area contributed by atoms with E-state index in [1.165, 1.54) is 0 Å². The highest BCUT2D eigenvalue weighted by Crippen LogP contribution is 2.16. The molecule has 0 aliphatic heterocycles. The zero-order valence-electron chi connectivity index (χ0n) is 6.77. The van der Waals surface area contributed by atoms with Crippen molar-refractivity contribution in [2.75, 3.05) is 0 Å². The van der Waals surface area contributed by atoms with E-state index in [1.807, 2.05) is 0 Å². The van der Waals surface area contributed by atoms with Gasteiger partial charge in [-0.2, -0.15) is 0 Å². The molecule has 4 heteroatoms. The molecular weight excluding hydrogens is 192 g/mol. The van der Waals surface area contributed by atoms with Crippen LogP contribution in [0.1, 0.15) is 5.56 Å². The number of rotatable bonds is 3. The lowest BCUT2D eigenvalue weighted by Gasteiger charge is -2.06. The van der Waals surface area contributed by atoms with Crippen LogP contribution in [0.5, 0.6) is 0 Å². The van der Waals surface area contributed by atoms with Crippen LogP contribution in [0.2, 0.25) is 5.02 Å². The first-order chi connectivity index (χ1) is 6.11. The zero-order valence-corrected chi connectivity index (χ0v) is 7.53. The van der Waals surface area contributed by atoms with E-state index in [0.717, 1.165) is 0 Å². The van der Waals surface area contributed by atoms with Gasteiger partial charge in [0.05, 0.1) is 0 Å². The first-order valence-corrected chi connectivity index (χ1v) is 4.13. The third-order valence-corrected chi connectivity index (χ3v) is 2.02. The Labute approximate surface area is 80.6 Å². The number of benzene rings is 1. The average molecular weight is 201 g/mol. The fourth-order valence-corrected chi connectivity index (χ4v) is 1.17. The fourth-order valence-electron chi connectivity index (χ4n) is 0.960. The number of carboxylic acids is 1. The molecule has 0 heterocycles. The van der Waals surface area contributed by atoms with Crippen LogP contribution in [0.3, 0.4) is 0 Å². The van der Waals surface area contributed by atoms with Gasteiger partial charge in [0.25, 0.3) is 0 Å². The van der Waals surface area contributed by atoms with Crippen LogP contribution in [0.25, 0.3) is 0 Å². The molecule has 0 radical (unpaired) electrons. The fraction of sp³-hybridized carbons (Fsp3) is 0.222. The summed E-state index contributed by atoms with van der Waals surface area (Å²) in [5, 5.41) is 18.0. The van der Waals surface area contributed by atoms with Crippen molar-refractivity contribution in [1.29, 1.82) is 0 Å². The largest absolute Gasteiger partial charge is 0.479 e. The summed E-state index contributed by atoms with van der Waals surface area (Å²) in [6.45, 7) is 0. The smallest absolute Gasteiger partial charge is 0.332 e. The minimum Gasteiger partial charge on any atom is -0.479 e. The van der Waals surface area contributed by atoms with Gasteiger partial charge in [0.1, 0.15) is 0 Å². The monoisotopic (exact) mass is 200 g/mol. The minimum absolute atomic E-state index is 0.0367. The molecule has 0 spiro atoms. The maximum absolute atomic E-state index is 10.3. The van der Waals surface area contributed by atoms with Gasteiger partial charge in [-0.1, -0.05) is 29.8 Å². The van der Waals surface area contributed by atoms with Gasteiger partial charge in [0.2, 0.25) is 0 Å². The second-order valence-electron chi connectivity index (χ2n) is 2.65. The van der Waals surface area contributed by atoms with Crippen LogP contribution in [-0.2, 0) is 11.2 Å². The first-order valence-electron chi connectivity index (χ1n) is 3.75. The molecule has 13 heavy (non-hydrogen) atoms. The Morgan fingerprint density at radius 2 is 2.08 bits per heavy atom. The molecule has 70 valence electrons. The Balaban J connectivity index is 2.74. The predicted molar refractivity (Wildman–Crippen MR) is 48.8 cm³/mol. The summed E-state index contributed by atoms with van der Waals surface area (Å²) in [6, 6.07) is 6.84. The van der Waals surface area contributed by atoms with Gasteiger partial charge >= 0.3 is 5.97 Å². The third kappa shape index (κ3) is 2.72. The highest BCUT2D eigenvalue weighted by Gasteiger charge is 2.14. The Hall–Kier alpha value is -1.06. The van der Waals surface area contributed by atoms with E-state index in [9.17, 15) is 4.79 Å². The number of hydrogen-bond acceptors (Lipinski definition) is 2. The summed E-state index contributed by atoms with van der Waals surface area (Å²) < 4.78 is 0. The average Bonchev–Trinajstić information content (AvgIpc) is 2.08. The number of carbonyl (C=O) groups is 1. The maximum Gasteiger partial charge on any atom is 0.332 e. The van der Waals surface area contributed by atoms with Crippen LogP contribution in [0.4, 0.5) is 0 Å². The molecule has 0 saturated carbocycles. The van der Waals surface area contributed by atoms with E-state index >= 15 is 0 Å². The number of hydrogen-bond donors (Lipinski definition) is 2. The lowest BCUT2D eigenvalue weighted by Crippen LogP contribution is -2.22. The van der Waals surface area contributed by atoms with Gasteiger partial charge in [0, 0.05) is 11.4 Å². The van der Waals surface area contributed by atoms with E-state index in [1.54, 1.807) is 24.3 Å². The molecule has 0 aliphatic carbocycles. The van der Waals surface area contributed by atoms with Gasteiger partial charge in [0.15, 0.2) is 6.10 Å². The zero-order chi connectivity index (χ0) is 9.84. The Bertz CT molecular complexity index is 311. The second kappa shape index (κ2) is 4.25. The summed E-state index contributed by atoms with van der Waals surface area (Å²) in [5.74, 6) is -1.24. The molecule has 1 atom stereocenters. The molecule has 1 rings (SSSR count). The molecule has 1 aromatic carbocycles. The Morgan fingerprint density at radius 3 is 2.62 bits per heavy atom. The summed E-state index contributed by atoms with van der Waals surface area (Å²) in [6.07, 6.45) is -1.35. The molecule has 1 aromatic rings. The van der Waals surface area contributed by atoms with Crippen LogP contribution in [-0.4, -0.2) is 22.3 Å². The van der Waals surface area contributed by atoms with Crippen molar-refractivity contribution in [3.05, 3.63) is 34.9 Å². The number of halogens is 1. The molecule has 3 nitrogen and oxygen atoms in total. The number of aliphatic hydroxyl groups excluding tert-OH is 1. The molecule has 0 saturated heterocycles. The first kappa shape index (κ1) is 10.0. The SMILES string of the molecule is O=C(O)[C@@H](O)Cc1ccccc1Cl. The molecule has 0 bridgehead atoms. The quantitative estimate of drug-likeness (QED) is 0.774. The molecule has 0 unspecified atom stereocenters. The lowest BCUT2D eigenvalue weighted by molar-refractivity contribution is -0.146. The lowest BCUT2D eigenvalue weighted by atomic mass is 10.1. The van der Waals surface area contributed by atoms with Crippen molar-refractivity contribution in [1.82, 2.24) is 0 Å². The molecule has 0 aliphatic rings. The number of aliphatic hydroxyl groups is 1. The summed E-state index contributed by atoms with van der Waals surface area (Å²) in [5.41, 5.74) is 0.638. The highest BCUT2D eigenvalue weighted by atomic mass is 35.5. The van der Waals surface area contributed by atoms with Crippen molar-refractivity contribution in [3.8, 4) is 0 Å². The number of carboxylic acid groups (broad SMARTS) is 1. The topological polar surface area (TPSA) is 57.5 Å². The van der Waals surface area contributed by atoms with E-state index < -0.39 is 12.1 Å². The maximum atomic E-state index is 10.3. The van der Waals surface area contributed by atoms with Crippen LogP contribution in [0, 0.1) is 0 Å². The highest BCUT2D eigenvalue weighted by molar-refractivity contribution is 6.31. The van der Waals surface area contributed by atoms with Crippen molar-refractivity contribution in [3.63, 3.8) is 0 Å². The molecule has 0 fully saturated rings. The standard InChI is InChI=1S/C9H9ClO3/c10-7-4-2-1-3-6(7)5-8(11)9(12)13/h1-4,8,11H,5H2,(H,12,13)/t8-/m0/s1. The van der Waals surface area contributed by atoms with Gasteiger partial charge in [-0.15, -0.1) is 0 Å². The molecular formula is C9H9ClO3. The van der Waals surface area contributed by atoms with Crippen LogP contribution in [0.15, 0.2) is 24.3 Å². The van der Waals surface area contributed by atoms with Crippen LogP contribution >= 0.6 is 11.6 Å². The Kier molecular flexibility index (Phi) is 3.28. The summed E-state index contributed by atoms with van der Waals surface area (Å²) in [7, 11) is 0. The molecule has 0 amide bonds.